The van der Waals surface area contributed by atoms with E-state index in [0.29, 0.717) is 17.6 Å². The molecule has 0 bridgehead atoms. The minimum atomic E-state index is -2.94. The Balaban J connectivity index is 1.87. The summed E-state index contributed by atoms with van der Waals surface area (Å²) in [5.74, 6) is -5.47. The monoisotopic (exact) mass is 471 g/mol. The third-order valence-corrected chi connectivity index (χ3v) is 5.63. The molecule has 13 nitrogen and oxygen atoms in total. The molecule has 0 saturated carbocycles. The number of carbonyl (C=O) groups is 3. The van der Waals surface area contributed by atoms with Crippen LogP contribution in [0, 0.1) is 11.8 Å². The van der Waals surface area contributed by atoms with Crippen molar-refractivity contribution in [3.05, 3.63) is 11.6 Å². The third kappa shape index (κ3) is 4.31. The SMILES string of the molecule is CC(C)[C@H]1C[C@H](n2cnc3c(N)nc(Cl)nc32)O[C@@H]1COC(CC(=O)O)(C(=O)O)C(=O)O. The average Bonchev–Trinajstić information content (AvgIpc) is 3.28. The first-order chi connectivity index (χ1) is 15.0. The molecule has 14 heteroatoms. The summed E-state index contributed by atoms with van der Waals surface area (Å²) in [6, 6.07) is 0. The van der Waals surface area contributed by atoms with Crippen molar-refractivity contribution in [2.45, 2.75) is 44.6 Å². The second kappa shape index (κ2) is 8.84. The van der Waals surface area contributed by atoms with Crippen molar-refractivity contribution in [2.24, 2.45) is 11.8 Å². The molecule has 1 aliphatic heterocycles. The van der Waals surface area contributed by atoms with Gasteiger partial charge >= 0.3 is 17.9 Å². The molecule has 1 aliphatic rings. The Kier molecular flexibility index (Phi) is 6.53. The van der Waals surface area contributed by atoms with E-state index < -0.39 is 48.9 Å². The molecule has 0 aliphatic carbocycles. The van der Waals surface area contributed by atoms with Gasteiger partial charge in [-0.05, 0) is 29.9 Å². The predicted molar refractivity (Wildman–Crippen MR) is 108 cm³/mol. The maximum absolute atomic E-state index is 11.6. The highest BCUT2D eigenvalue weighted by molar-refractivity contribution is 6.28. The van der Waals surface area contributed by atoms with E-state index in [4.69, 9.17) is 31.9 Å². The summed E-state index contributed by atoms with van der Waals surface area (Å²) < 4.78 is 12.9. The summed E-state index contributed by atoms with van der Waals surface area (Å²) in [6.45, 7) is 3.40. The van der Waals surface area contributed by atoms with Crippen molar-refractivity contribution >= 4 is 46.5 Å². The molecule has 174 valence electrons. The summed E-state index contributed by atoms with van der Waals surface area (Å²) >= 11 is 5.90. The molecule has 3 atom stereocenters. The average molecular weight is 472 g/mol. The zero-order chi connectivity index (χ0) is 23.8. The van der Waals surface area contributed by atoms with E-state index in [0.717, 1.165) is 0 Å². The minimum Gasteiger partial charge on any atom is -0.481 e. The molecule has 0 radical (unpaired) electrons. The highest BCUT2D eigenvalue weighted by Gasteiger charge is 2.52. The molecular weight excluding hydrogens is 450 g/mol. The van der Waals surface area contributed by atoms with Crippen LogP contribution in [0.2, 0.25) is 5.28 Å². The maximum atomic E-state index is 11.6. The third-order valence-electron chi connectivity index (χ3n) is 5.46. The van der Waals surface area contributed by atoms with Gasteiger partial charge < -0.3 is 30.5 Å². The second-order valence-corrected chi connectivity index (χ2v) is 8.13. The van der Waals surface area contributed by atoms with Crippen molar-refractivity contribution < 1.29 is 39.2 Å². The van der Waals surface area contributed by atoms with Gasteiger partial charge in [-0.25, -0.2) is 14.6 Å². The van der Waals surface area contributed by atoms with Crippen LogP contribution in [0.15, 0.2) is 6.33 Å². The number of hydrogen-bond acceptors (Lipinski definition) is 9. The zero-order valence-corrected chi connectivity index (χ0v) is 17.9. The predicted octanol–water partition coefficient (Wildman–Crippen LogP) is 1.02. The maximum Gasteiger partial charge on any atom is 0.348 e. The van der Waals surface area contributed by atoms with Gasteiger partial charge in [0, 0.05) is 0 Å². The highest BCUT2D eigenvalue weighted by Crippen LogP contribution is 2.40. The number of hydrogen-bond donors (Lipinski definition) is 4. The Morgan fingerprint density at radius 3 is 2.53 bits per heavy atom. The lowest BCUT2D eigenvalue weighted by Crippen LogP contribution is -2.52. The highest BCUT2D eigenvalue weighted by atomic mass is 35.5. The summed E-state index contributed by atoms with van der Waals surface area (Å²) in [4.78, 5) is 46.5. The van der Waals surface area contributed by atoms with E-state index in [-0.39, 0.29) is 22.9 Å². The molecule has 0 amide bonds. The number of carboxylic acid groups (broad SMARTS) is 3. The molecule has 2 aromatic heterocycles. The van der Waals surface area contributed by atoms with Gasteiger partial charge in [-0.2, -0.15) is 9.97 Å². The summed E-state index contributed by atoms with van der Waals surface area (Å²) in [7, 11) is 0. The van der Waals surface area contributed by atoms with Gasteiger partial charge in [0.05, 0.1) is 25.5 Å². The van der Waals surface area contributed by atoms with E-state index >= 15 is 0 Å². The number of anilines is 1. The van der Waals surface area contributed by atoms with Crippen molar-refractivity contribution in [2.75, 3.05) is 12.3 Å². The number of aromatic nitrogens is 4. The molecule has 0 spiro atoms. The molecule has 32 heavy (non-hydrogen) atoms. The van der Waals surface area contributed by atoms with E-state index in [1.54, 1.807) is 4.57 Å². The topological polar surface area (TPSA) is 200 Å². The van der Waals surface area contributed by atoms with E-state index in [2.05, 4.69) is 15.0 Å². The fraction of sp³-hybridized carbons (Fsp3) is 0.556. The lowest BCUT2D eigenvalue weighted by atomic mass is 9.89. The number of imidazole rings is 1. The van der Waals surface area contributed by atoms with Crippen LogP contribution in [-0.4, -0.2) is 71.1 Å². The Bertz CT molecular complexity index is 1040. The number of nitrogens with two attached hydrogens (primary N) is 1. The molecule has 5 N–H and O–H groups in total. The fourth-order valence-corrected chi connectivity index (χ4v) is 3.93. The van der Waals surface area contributed by atoms with Gasteiger partial charge in [-0.3, -0.25) is 9.36 Å². The molecule has 3 heterocycles. The standard InChI is InChI=1S/C18H22ClN5O8/c1-7(2)8-3-10(24-6-21-12-13(20)22-17(19)23-14(12)24)32-9(8)5-31-18(15(27)28,16(29)30)4-11(25)26/h6-10H,3-5H2,1-2H3,(H,25,26)(H,27,28)(H,29,30)(H2,20,22,23)/t8-,9-,10-/m1/s1. The molecule has 1 fully saturated rings. The van der Waals surface area contributed by atoms with E-state index in [9.17, 15) is 24.6 Å². The Morgan fingerprint density at radius 1 is 1.31 bits per heavy atom. The molecule has 0 unspecified atom stereocenters. The van der Waals surface area contributed by atoms with Crippen LogP contribution in [0.25, 0.3) is 11.2 Å². The Hall–Kier alpha value is -3.03. The van der Waals surface area contributed by atoms with Gasteiger partial charge in [-0.1, -0.05) is 13.8 Å². The van der Waals surface area contributed by atoms with Crippen molar-refractivity contribution in [3.8, 4) is 0 Å². The van der Waals surface area contributed by atoms with E-state index in [1.165, 1.54) is 6.33 Å². The van der Waals surface area contributed by atoms with Crippen molar-refractivity contribution in [1.82, 2.24) is 19.5 Å². The number of ether oxygens (including phenoxy) is 2. The van der Waals surface area contributed by atoms with Crippen LogP contribution in [0.3, 0.4) is 0 Å². The van der Waals surface area contributed by atoms with Gasteiger partial charge in [0.1, 0.15) is 11.7 Å². The van der Waals surface area contributed by atoms with Gasteiger partial charge in [0.15, 0.2) is 11.5 Å². The van der Waals surface area contributed by atoms with Crippen molar-refractivity contribution in [1.29, 1.82) is 0 Å². The second-order valence-electron chi connectivity index (χ2n) is 7.79. The Labute approximate surface area is 186 Å². The molecular formula is C18H22ClN5O8. The zero-order valence-electron chi connectivity index (χ0n) is 17.1. The summed E-state index contributed by atoms with van der Waals surface area (Å²) in [5.41, 5.74) is 3.56. The fourth-order valence-electron chi connectivity index (χ4n) is 3.76. The Morgan fingerprint density at radius 2 is 1.97 bits per heavy atom. The van der Waals surface area contributed by atoms with Crippen molar-refractivity contribution in [3.63, 3.8) is 0 Å². The van der Waals surface area contributed by atoms with Crippen LogP contribution < -0.4 is 5.73 Å². The first kappa shape index (κ1) is 23.6. The number of carboxylic acids is 3. The number of rotatable bonds is 9. The number of halogens is 1. The van der Waals surface area contributed by atoms with Gasteiger partial charge in [0.25, 0.3) is 5.60 Å². The smallest absolute Gasteiger partial charge is 0.348 e. The molecule has 3 rings (SSSR count). The summed E-state index contributed by atoms with van der Waals surface area (Å²) in [6.07, 6.45) is -0.666. The normalized spacial score (nSPS) is 21.3. The summed E-state index contributed by atoms with van der Waals surface area (Å²) in [5, 5.41) is 27.7. The first-order valence-corrected chi connectivity index (χ1v) is 9.97. The van der Waals surface area contributed by atoms with Gasteiger partial charge in [-0.15, -0.1) is 0 Å². The molecule has 2 aromatic rings. The molecule has 1 saturated heterocycles. The van der Waals surface area contributed by atoms with Crippen LogP contribution in [0.4, 0.5) is 5.82 Å². The van der Waals surface area contributed by atoms with Gasteiger partial charge in [0.2, 0.25) is 5.28 Å². The number of nitrogen functional groups attached to an aromatic ring is 1. The number of aliphatic carboxylic acids is 3. The largest absolute Gasteiger partial charge is 0.481 e. The van der Waals surface area contributed by atoms with Crippen LogP contribution in [0.5, 0.6) is 0 Å². The lowest BCUT2D eigenvalue weighted by molar-refractivity contribution is -0.193. The van der Waals surface area contributed by atoms with E-state index in [1.807, 2.05) is 13.8 Å². The quantitative estimate of drug-likeness (QED) is 0.299. The number of nitrogens with zero attached hydrogens (tertiary/aromatic N) is 4. The first-order valence-electron chi connectivity index (χ1n) is 9.59. The number of fused-ring (bicyclic) bond motifs is 1. The lowest BCUT2D eigenvalue weighted by Gasteiger charge is -2.27. The van der Waals surface area contributed by atoms with Crippen LogP contribution in [-0.2, 0) is 23.9 Å². The molecule has 0 aromatic carbocycles. The van der Waals surface area contributed by atoms with Crippen LogP contribution >= 0.6 is 11.6 Å². The van der Waals surface area contributed by atoms with Crippen LogP contribution in [0.1, 0.15) is 32.9 Å². The minimum absolute atomic E-state index is 0.0511.